The van der Waals surface area contributed by atoms with Crippen molar-refractivity contribution in [2.75, 3.05) is 18.0 Å². The van der Waals surface area contributed by atoms with Crippen molar-refractivity contribution in [2.45, 2.75) is 13.8 Å². The second kappa shape index (κ2) is 9.26. The Balaban J connectivity index is 1.44. The SMILES string of the molecule is CCN(CC)c1ccc(/C=N\NC(=O)c2cc(-c3cccc4ccccc34)n[nH]2)cc1. The number of nitrogens with one attached hydrogen (secondary N) is 2. The molecule has 1 aromatic heterocycles. The molecular weight excluding hydrogens is 386 g/mol. The molecule has 156 valence electrons. The van der Waals surface area contributed by atoms with Gasteiger partial charge in [0.15, 0.2) is 0 Å². The summed E-state index contributed by atoms with van der Waals surface area (Å²) >= 11 is 0. The third kappa shape index (κ3) is 4.48. The lowest BCUT2D eigenvalue weighted by Crippen LogP contribution is -2.21. The molecule has 1 heterocycles. The molecule has 0 spiro atoms. The fourth-order valence-corrected chi connectivity index (χ4v) is 3.61. The first-order valence-electron chi connectivity index (χ1n) is 10.4. The molecule has 0 atom stereocenters. The van der Waals surface area contributed by atoms with Crippen LogP contribution in [0, 0.1) is 0 Å². The number of benzene rings is 3. The summed E-state index contributed by atoms with van der Waals surface area (Å²) in [5.41, 5.74) is 6.70. The fraction of sp³-hybridized carbons (Fsp3) is 0.160. The molecular formula is C25H25N5O. The largest absolute Gasteiger partial charge is 0.372 e. The lowest BCUT2D eigenvalue weighted by Gasteiger charge is -2.20. The van der Waals surface area contributed by atoms with Crippen LogP contribution >= 0.6 is 0 Å². The first-order chi connectivity index (χ1) is 15.2. The highest BCUT2D eigenvalue weighted by molar-refractivity contribution is 5.98. The second-order valence-electron chi connectivity index (χ2n) is 7.16. The number of hydrogen-bond donors (Lipinski definition) is 2. The van der Waals surface area contributed by atoms with Gasteiger partial charge in [-0.05, 0) is 48.4 Å². The summed E-state index contributed by atoms with van der Waals surface area (Å²) in [6.07, 6.45) is 1.63. The van der Waals surface area contributed by atoms with Crippen molar-refractivity contribution in [1.29, 1.82) is 0 Å². The number of hydrazone groups is 1. The van der Waals surface area contributed by atoms with Crippen molar-refractivity contribution >= 4 is 28.6 Å². The first kappa shape index (κ1) is 20.3. The van der Waals surface area contributed by atoms with Gasteiger partial charge in [-0.3, -0.25) is 9.89 Å². The van der Waals surface area contributed by atoms with E-state index >= 15 is 0 Å². The Bertz CT molecular complexity index is 1200. The number of nitrogens with zero attached hydrogens (tertiary/aromatic N) is 3. The smallest absolute Gasteiger partial charge is 0.289 e. The van der Waals surface area contributed by atoms with Crippen molar-refractivity contribution in [1.82, 2.24) is 15.6 Å². The fourth-order valence-electron chi connectivity index (χ4n) is 3.61. The average Bonchev–Trinajstić information content (AvgIpc) is 3.31. The van der Waals surface area contributed by atoms with E-state index in [4.69, 9.17) is 0 Å². The molecule has 0 aliphatic rings. The molecule has 0 saturated heterocycles. The zero-order chi connectivity index (χ0) is 21.6. The number of fused-ring (bicyclic) bond motifs is 1. The van der Waals surface area contributed by atoms with Gasteiger partial charge in [-0.2, -0.15) is 10.2 Å². The predicted molar refractivity (Wildman–Crippen MR) is 127 cm³/mol. The topological polar surface area (TPSA) is 73.4 Å². The molecule has 0 bridgehead atoms. The summed E-state index contributed by atoms with van der Waals surface area (Å²) in [6, 6.07) is 24.0. The molecule has 0 saturated carbocycles. The van der Waals surface area contributed by atoms with Crippen LogP contribution in [0.5, 0.6) is 0 Å². The van der Waals surface area contributed by atoms with Gasteiger partial charge in [0.1, 0.15) is 5.69 Å². The maximum absolute atomic E-state index is 12.5. The lowest BCUT2D eigenvalue weighted by atomic mass is 10.0. The highest BCUT2D eigenvalue weighted by Gasteiger charge is 2.12. The van der Waals surface area contributed by atoms with Crippen LogP contribution in [0.15, 0.2) is 77.9 Å². The highest BCUT2D eigenvalue weighted by Crippen LogP contribution is 2.27. The Morgan fingerprint density at radius 1 is 1.03 bits per heavy atom. The van der Waals surface area contributed by atoms with Crippen LogP contribution in [0.1, 0.15) is 29.9 Å². The maximum atomic E-state index is 12.5. The van der Waals surface area contributed by atoms with Crippen molar-refractivity contribution in [3.63, 3.8) is 0 Å². The zero-order valence-electron chi connectivity index (χ0n) is 17.7. The molecule has 0 unspecified atom stereocenters. The van der Waals surface area contributed by atoms with Crippen molar-refractivity contribution in [2.24, 2.45) is 5.10 Å². The van der Waals surface area contributed by atoms with E-state index in [9.17, 15) is 4.79 Å². The summed E-state index contributed by atoms with van der Waals surface area (Å²) in [4.78, 5) is 14.7. The monoisotopic (exact) mass is 411 g/mol. The summed E-state index contributed by atoms with van der Waals surface area (Å²) in [6.45, 7) is 6.20. The number of rotatable bonds is 7. The number of carbonyl (C=O) groups is 1. The van der Waals surface area contributed by atoms with Crippen LogP contribution in [0.4, 0.5) is 5.69 Å². The normalized spacial score (nSPS) is 11.2. The summed E-state index contributed by atoms with van der Waals surface area (Å²) in [5.74, 6) is -0.338. The van der Waals surface area contributed by atoms with E-state index in [1.165, 1.54) is 5.69 Å². The Labute approximate surface area is 181 Å². The van der Waals surface area contributed by atoms with E-state index in [0.29, 0.717) is 5.69 Å². The number of carbonyl (C=O) groups excluding carboxylic acids is 1. The molecule has 0 aliphatic heterocycles. The van der Waals surface area contributed by atoms with E-state index < -0.39 is 0 Å². The van der Waals surface area contributed by atoms with E-state index in [2.05, 4.69) is 69.8 Å². The van der Waals surface area contributed by atoms with Gasteiger partial charge in [0, 0.05) is 24.3 Å². The van der Waals surface area contributed by atoms with E-state index in [1.807, 2.05) is 36.4 Å². The van der Waals surface area contributed by atoms with Crippen LogP contribution in [-0.2, 0) is 0 Å². The van der Waals surface area contributed by atoms with Crippen molar-refractivity contribution in [3.05, 3.63) is 84.1 Å². The number of hydrogen-bond acceptors (Lipinski definition) is 4. The molecule has 3 aromatic carbocycles. The van der Waals surface area contributed by atoms with Gasteiger partial charge in [0.05, 0.1) is 11.9 Å². The number of aromatic amines is 1. The van der Waals surface area contributed by atoms with Gasteiger partial charge < -0.3 is 4.90 Å². The quantitative estimate of drug-likeness (QED) is 0.338. The molecule has 4 aromatic rings. The van der Waals surface area contributed by atoms with E-state index in [0.717, 1.165) is 40.7 Å². The average molecular weight is 412 g/mol. The Morgan fingerprint density at radius 3 is 2.55 bits per heavy atom. The van der Waals surface area contributed by atoms with E-state index in [1.54, 1.807) is 12.3 Å². The van der Waals surface area contributed by atoms with Gasteiger partial charge in [0.25, 0.3) is 5.91 Å². The molecule has 0 aliphatic carbocycles. The third-order valence-electron chi connectivity index (χ3n) is 5.29. The van der Waals surface area contributed by atoms with Gasteiger partial charge >= 0.3 is 0 Å². The summed E-state index contributed by atoms with van der Waals surface area (Å²) in [7, 11) is 0. The Morgan fingerprint density at radius 2 is 1.77 bits per heavy atom. The van der Waals surface area contributed by atoms with Crippen LogP contribution in [0.2, 0.25) is 0 Å². The molecule has 31 heavy (non-hydrogen) atoms. The third-order valence-corrected chi connectivity index (χ3v) is 5.29. The molecule has 0 fully saturated rings. The Hall–Kier alpha value is -3.93. The van der Waals surface area contributed by atoms with Gasteiger partial charge in [-0.15, -0.1) is 0 Å². The summed E-state index contributed by atoms with van der Waals surface area (Å²) < 4.78 is 0. The van der Waals surface area contributed by atoms with Crippen molar-refractivity contribution < 1.29 is 4.79 Å². The first-order valence-corrected chi connectivity index (χ1v) is 10.4. The minimum Gasteiger partial charge on any atom is -0.372 e. The number of anilines is 1. The van der Waals surface area contributed by atoms with Crippen LogP contribution in [0.25, 0.3) is 22.0 Å². The molecule has 1 amide bonds. The number of amides is 1. The van der Waals surface area contributed by atoms with Crippen LogP contribution < -0.4 is 10.3 Å². The number of aromatic nitrogens is 2. The van der Waals surface area contributed by atoms with Gasteiger partial charge in [-0.25, -0.2) is 5.43 Å². The number of H-pyrrole nitrogens is 1. The molecule has 0 radical (unpaired) electrons. The van der Waals surface area contributed by atoms with Crippen LogP contribution in [0.3, 0.4) is 0 Å². The lowest BCUT2D eigenvalue weighted by molar-refractivity contribution is 0.0950. The highest BCUT2D eigenvalue weighted by atomic mass is 16.2. The second-order valence-corrected chi connectivity index (χ2v) is 7.16. The van der Waals surface area contributed by atoms with Crippen molar-refractivity contribution in [3.8, 4) is 11.3 Å². The molecule has 2 N–H and O–H groups in total. The zero-order valence-corrected chi connectivity index (χ0v) is 17.7. The van der Waals surface area contributed by atoms with E-state index in [-0.39, 0.29) is 5.91 Å². The Kier molecular flexibility index (Phi) is 6.08. The molecule has 6 nitrogen and oxygen atoms in total. The minimum absolute atomic E-state index is 0.338. The molecule has 4 rings (SSSR count). The summed E-state index contributed by atoms with van der Waals surface area (Å²) in [5, 5.41) is 13.4. The van der Waals surface area contributed by atoms with Gasteiger partial charge in [-0.1, -0.05) is 54.6 Å². The van der Waals surface area contributed by atoms with Crippen LogP contribution in [-0.4, -0.2) is 35.4 Å². The molecule has 6 heteroatoms. The predicted octanol–water partition coefficient (Wildman–Crippen LogP) is 4.84. The standard InChI is InChI=1S/C25H25N5O/c1-3-30(4-2)20-14-12-18(13-15-20)17-26-29-25(31)24-16-23(27-28-24)22-11-7-9-19-8-5-6-10-21(19)22/h5-17H,3-4H2,1-2H3,(H,27,28)(H,29,31)/b26-17-. The van der Waals surface area contributed by atoms with Gasteiger partial charge in [0.2, 0.25) is 0 Å². The minimum atomic E-state index is -0.338. The maximum Gasteiger partial charge on any atom is 0.289 e.